The highest BCUT2D eigenvalue weighted by Crippen LogP contribution is 2.45. The standard InChI is InChI=1S/C65H40N2/c1-2-13-45(14-3-1)57-38-62-61-39-59-55-33-32-47(42-26-24-41(25-27-42)46-30-28-43-29-31-48(36-49(43)35-46)51-22-12-16-44-15-4-5-17-50(44)51)37-58(55)52-18-6-7-19-53(52)60(59)40-63(61)67(64-23-10-11-34-66-64)65(62)56-21-9-8-20-54(56)57/h1-40H. The number of fused-ring (bicyclic) bond motifs is 13. The molecule has 0 saturated heterocycles. The van der Waals surface area contributed by atoms with E-state index in [1.54, 1.807) is 0 Å². The summed E-state index contributed by atoms with van der Waals surface area (Å²) < 4.78 is 2.38. The van der Waals surface area contributed by atoms with Gasteiger partial charge in [0.05, 0.1) is 11.0 Å². The molecule has 14 rings (SSSR count). The first-order valence-electron chi connectivity index (χ1n) is 23.1. The molecule has 0 N–H and O–H groups in total. The first-order valence-corrected chi connectivity index (χ1v) is 23.1. The van der Waals surface area contributed by atoms with Crippen LogP contribution in [0.2, 0.25) is 0 Å². The van der Waals surface area contributed by atoms with E-state index in [1.165, 1.54) is 125 Å². The normalized spacial score (nSPS) is 11.9. The van der Waals surface area contributed by atoms with Gasteiger partial charge in [0.25, 0.3) is 0 Å². The Bertz CT molecular complexity index is 4290. The second kappa shape index (κ2) is 14.9. The molecule has 2 aromatic heterocycles. The van der Waals surface area contributed by atoms with Gasteiger partial charge < -0.3 is 0 Å². The third kappa shape index (κ3) is 5.93. The Hall–Kier alpha value is -8.85. The fraction of sp³-hybridized carbons (Fsp3) is 0. The Kier molecular flexibility index (Phi) is 8.32. The van der Waals surface area contributed by atoms with Gasteiger partial charge in [0.15, 0.2) is 0 Å². The molecule has 12 aromatic carbocycles. The average molecular weight is 849 g/mol. The summed E-state index contributed by atoms with van der Waals surface area (Å²) in [6.45, 7) is 0. The Balaban J connectivity index is 0.918. The summed E-state index contributed by atoms with van der Waals surface area (Å²) in [5.74, 6) is 0.909. The molecule has 2 nitrogen and oxygen atoms in total. The molecule has 0 saturated carbocycles. The maximum atomic E-state index is 4.96. The van der Waals surface area contributed by atoms with Gasteiger partial charge >= 0.3 is 0 Å². The molecule has 0 aliphatic rings. The van der Waals surface area contributed by atoms with Gasteiger partial charge in [-0.05, 0) is 152 Å². The topological polar surface area (TPSA) is 17.8 Å². The molecular formula is C65H40N2. The highest BCUT2D eigenvalue weighted by molar-refractivity contribution is 6.31. The molecule has 0 bridgehead atoms. The lowest BCUT2D eigenvalue weighted by Gasteiger charge is -2.14. The van der Waals surface area contributed by atoms with Crippen LogP contribution < -0.4 is 0 Å². The second-order valence-corrected chi connectivity index (χ2v) is 17.9. The first-order chi connectivity index (χ1) is 33.2. The van der Waals surface area contributed by atoms with Crippen LogP contribution in [0.15, 0.2) is 243 Å². The summed E-state index contributed by atoms with van der Waals surface area (Å²) >= 11 is 0. The van der Waals surface area contributed by atoms with Crippen molar-refractivity contribution >= 4 is 86.4 Å². The molecule has 0 atom stereocenters. The highest BCUT2D eigenvalue weighted by Gasteiger charge is 2.21. The largest absolute Gasteiger partial charge is 0.293 e. The Morgan fingerprint density at radius 2 is 0.836 bits per heavy atom. The fourth-order valence-electron chi connectivity index (χ4n) is 11.0. The third-order valence-electron chi connectivity index (χ3n) is 14.2. The lowest BCUT2D eigenvalue weighted by atomic mass is 9.90. The van der Waals surface area contributed by atoms with E-state index in [2.05, 4.69) is 235 Å². The molecular weight excluding hydrogens is 809 g/mol. The lowest BCUT2D eigenvalue weighted by Crippen LogP contribution is -1.97. The van der Waals surface area contributed by atoms with Crippen LogP contribution in [0.4, 0.5) is 0 Å². The number of rotatable bonds is 5. The third-order valence-corrected chi connectivity index (χ3v) is 14.2. The van der Waals surface area contributed by atoms with E-state index >= 15 is 0 Å². The van der Waals surface area contributed by atoms with Crippen molar-refractivity contribution in [2.24, 2.45) is 0 Å². The summed E-state index contributed by atoms with van der Waals surface area (Å²) in [5, 5.41) is 17.4. The van der Waals surface area contributed by atoms with Crippen LogP contribution in [0.1, 0.15) is 0 Å². The quantitative estimate of drug-likeness (QED) is 0.158. The highest BCUT2D eigenvalue weighted by atomic mass is 15.1. The van der Waals surface area contributed by atoms with E-state index in [4.69, 9.17) is 4.98 Å². The summed E-state index contributed by atoms with van der Waals surface area (Å²) in [6, 6.07) is 87.1. The number of benzene rings is 12. The van der Waals surface area contributed by atoms with Crippen molar-refractivity contribution in [2.45, 2.75) is 0 Å². The zero-order valence-corrected chi connectivity index (χ0v) is 36.5. The fourth-order valence-corrected chi connectivity index (χ4v) is 11.0. The van der Waals surface area contributed by atoms with Gasteiger partial charge in [0.2, 0.25) is 0 Å². The van der Waals surface area contributed by atoms with Crippen LogP contribution in [0.5, 0.6) is 0 Å². The summed E-state index contributed by atoms with van der Waals surface area (Å²) in [6.07, 6.45) is 1.90. The van der Waals surface area contributed by atoms with Gasteiger partial charge in [0.1, 0.15) is 5.82 Å². The van der Waals surface area contributed by atoms with Crippen LogP contribution in [-0.2, 0) is 0 Å². The van der Waals surface area contributed by atoms with Gasteiger partial charge in [-0.2, -0.15) is 0 Å². The molecule has 0 fully saturated rings. The van der Waals surface area contributed by atoms with Crippen molar-refractivity contribution in [1.29, 1.82) is 0 Å². The molecule has 0 aliphatic heterocycles. The minimum absolute atomic E-state index is 0.909. The molecule has 0 unspecified atom stereocenters. The van der Waals surface area contributed by atoms with Crippen LogP contribution >= 0.6 is 0 Å². The van der Waals surface area contributed by atoms with Crippen molar-refractivity contribution in [1.82, 2.24) is 9.55 Å². The molecule has 2 heteroatoms. The molecule has 0 aliphatic carbocycles. The molecule has 67 heavy (non-hydrogen) atoms. The number of hydrogen-bond acceptors (Lipinski definition) is 1. The van der Waals surface area contributed by atoms with Gasteiger partial charge in [-0.15, -0.1) is 0 Å². The van der Waals surface area contributed by atoms with Crippen LogP contribution in [0.25, 0.3) is 137 Å². The molecule has 0 amide bonds. The van der Waals surface area contributed by atoms with Gasteiger partial charge in [-0.25, -0.2) is 4.98 Å². The predicted molar refractivity (Wildman–Crippen MR) is 285 cm³/mol. The van der Waals surface area contributed by atoms with Crippen molar-refractivity contribution in [2.75, 3.05) is 0 Å². The number of hydrogen-bond donors (Lipinski definition) is 0. The van der Waals surface area contributed by atoms with Crippen molar-refractivity contribution in [3.63, 3.8) is 0 Å². The molecule has 2 heterocycles. The van der Waals surface area contributed by atoms with E-state index in [1.807, 2.05) is 12.3 Å². The predicted octanol–water partition coefficient (Wildman–Crippen LogP) is 17.8. The zero-order chi connectivity index (χ0) is 44.0. The summed E-state index contributed by atoms with van der Waals surface area (Å²) in [4.78, 5) is 4.96. The van der Waals surface area contributed by atoms with Crippen molar-refractivity contribution in [3.8, 4) is 50.3 Å². The molecule has 0 spiro atoms. The molecule has 14 aromatic rings. The monoisotopic (exact) mass is 848 g/mol. The van der Waals surface area contributed by atoms with Gasteiger partial charge in [-0.1, -0.05) is 188 Å². The summed E-state index contributed by atoms with van der Waals surface area (Å²) in [7, 11) is 0. The van der Waals surface area contributed by atoms with Gasteiger partial charge in [0, 0.05) is 22.4 Å². The van der Waals surface area contributed by atoms with Crippen LogP contribution in [0, 0.1) is 0 Å². The number of aromatic nitrogens is 2. The Morgan fingerprint density at radius 3 is 1.61 bits per heavy atom. The van der Waals surface area contributed by atoms with E-state index in [0.29, 0.717) is 0 Å². The number of pyridine rings is 1. The van der Waals surface area contributed by atoms with E-state index in [9.17, 15) is 0 Å². The van der Waals surface area contributed by atoms with E-state index in [-0.39, 0.29) is 0 Å². The smallest absolute Gasteiger partial charge is 0.137 e. The maximum absolute atomic E-state index is 4.96. The lowest BCUT2D eigenvalue weighted by molar-refractivity contribution is 1.08. The van der Waals surface area contributed by atoms with Crippen LogP contribution in [0.3, 0.4) is 0 Å². The van der Waals surface area contributed by atoms with Crippen molar-refractivity contribution in [3.05, 3.63) is 243 Å². The summed E-state index contributed by atoms with van der Waals surface area (Å²) in [5.41, 5.74) is 12.1. The van der Waals surface area contributed by atoms with Gasteiger partial charge in [-0.3, -0.25) is 4.57 Å². The minimum atomic E-state index is 0.909. The maximum Gasteiger partial charge on any atom is 0.137 e. The number of nitrogens with zero attached hydrogens (tertiary/aromatic N) is 2. The SMILES string of the molecule is c1ccc(-c2cc3c4cc5c6ccc(-c7ccc(-c8ccc9ccc(-c%10cccc%11ccccc%10%11)cc9c8)cc7)cc6c6ccccc6c5cc4n(-c4ccccn4)c3c3ccccc23)cc1. The molecule has 0 radical (unpaired) electrons. The van der Waals surface area contributed by atoms with Crippen LogP contribution in [-0.4, -0.2) is 9.55 Å². The Morgan fingerprint density at radius 1 is 0.254 bits per heavy atom. The van der Waals surface area contributed by atoms with E-state index < -0.39 is 0 Å². The average Bonchev–Trinajstić information content (AvgIpc) is 3.73. The van der Waals surface area contributed by atoms with E-state index in [0.717, 1.165) is 11.3 Å². The minimum Gasteiger partial charge on any atom is -0.293 e. The second-order valence-electron chi connectivity index (χ2n) is 17.9. The Labute approximate surface area is 387 Å². The van der Waals surface area contributed by atoms with Crippen molar-refractivity contribution < 1.29 is 0 Å². The zero-order valence-electron chi connectivity index (χ0n) is 36.5. The first kappa shape index (κ1) is 37.5. The molecule has 310 valence electrons.